The first-order chi connectivity index (χ1) is 13.6. The molecule has 6 heteroatoms. The summed E-state index contributed by atoms with van der Waals surface area (Å²) in [5, 5.41) is 14.3. The summed E-state index contributed by atoms with van der Waals surface area (Å²) >= 11 is 0. The molecule has 1 N–H and O–H groups in total. The molecule has 142 valence electrons. The highest BCUT2D eigenvalue weighted by atomic mass is 16.6. The van der Waals surface area contributed by atoms with Crippen LogP contribution in [-0.4, -0.2) is 10.9 Å². The molecule has 0 heterocycles. The number of esters is 1. The van der Waals surface area contributed by atoms with E-state index in [1.54, 1.807) is 36.4 Å². The van der Waals surface area contributed by atoms with E-state index in [-0.39, 0.29) is 24.1 Å². The lowest BCUT2D eigenvalue weighted by molar-refractivity contribution is -0.384. The van der Waals surface area contributed by atoms with Crippen LogP contribution in [0.5, 0.6) is 5.75 Å². The number of nitro benzene ring substituents is 1. The van der Waals surface area contributed by atoms with Gasteiger partial charge in [-0.05, 0) is 36.2 Å². The zero-order valence-electron chi connectivity index (χ0n) is 15.2. The Labute approximate surface area is 162 Å². The Morgan fingerprint density at radius 1 is 0.929 bits per heavy atom. The van der Waals surface area contributed by atoms with Crippen LogP contribution in [0.25, 0.3) is 0 Å². The number of carbonyl (C=O) groups is 1. The highest BCUT2D eigenvalue weighted by molar-refractivity contribution is 5.72. The van der Waals surface area contributed by atoms with Gasteiger partial charge in [-0.1, -0.05) is 48.5 Å². The van der Waals surface area contributed by atoms with E-state index in [1.807, 2.05) is 36.4 Å². The van der Waals surface area contributed by atoms with E-state index in [9.17, 15) is 14.9 Å². The Hall–Kier alpha value is -3.67. The third-order valence-corrected chi connectivity index (χ3v) is 4.23. The quantitative estimate of drug-likeness (QED) is 0.255. The van der Waals surface area contributed by atoms with Gasteiger partial charge in [0.2, 0.25) is 0 Å². The molecule has 0 fully saturated rings. The normalized spacial score (nSPS) is 11.4. The number of non-ortho nitro benzene ring substituents is 1. The van der Waals surface area contributed by atoms with Crippen molar-refractivity contribution in [3.8, 4) is 5.75 Å². The van der Waals surface area contributed by atoms with Gasteiger partial charge in [0.15, 0.2) is 0 Å². The molecule has 6 nitrogen and oxygen atoms in total. The average molecular weight is 376 g/mol. The summed E-state index contributed by atoms with van der Waals surface area (Å²) in [4.78, 5) is 22.7. The van der Waals surface area contributed by atoms with Gasteiger partial charge < -0.3 is 10.1 Å². The molecule has 0 aromatic heterocycles. The van der Waals surface area contributed by atoms with Crippen LogP contribution in [0.15, 0.2) is 84.9 Å². The lowest BCUT2D eigenvalue weighted by Gasteiger charge is -2.20. The number of hydrogen-bond donors (Lipinski definition) is 1. The Morgan fingerprint density at radius 2 is 1.54 bits per heavy atom. The van der Waals surface area contributed by atoms with Crippen LogP contribution in [-0.2, 0) is 4.79 Å². The minimum Gasteiger partial charge on any atom is -0.427 e. The van der Waals surface area contributed by atoms with Crippen molar-refractivity contribution in [2.45, 2.75) is 18.9 Å². The van der Waals surface area contributed by atoms with Gasteiger partial charge in [-0.2, -0.15) is 0 Å². The second-order valence-electron chi connectivity index (χ2n) is 6.24. The van der Waals surface area contributed by atoms with Crippen molar-refractivity contribution < 1.29 is 14.5 Å². The number of nitrogens with zero attached hydrogens (tertiary/aromatic N) is 1. The van der Waals surface area contributed by atoms with Gasteiger partial charge >= 0.3 is 5.97 Å². The van der Waals surface area contributed by atoms with Crippen molar-refractivity contribution in [2.24, 2.45) is 0 Å². The molecule has 0 aliphatic carbocycles. The number of anilines is 1. The van der Waals surface area contributed by atoms with Crippen LogP contribution in [0, 0.1) is 10.1 Å². The molecule has 0 saturated heterocycles. The summed E-state index contributed by atoms with van der Waals surface area (Å²) in [6.45, 7) is 0. The van der Waals surface area contributed by atoms with Gasteiger partial charge in [-0.25, -0.2) is 0 Å². The van der Waals surface area contributed by atoms with Gasteiger partial charge in [0.1, 0.15) is 5.75 Å². The minimum atomic E-state index is -0.430. The standard InChI is InChI=1S/C22H20N2O4/c25-22(28-20-9-5-2-6-10-20)16-15-21(23-18-7-3-1-4-8-18)17-11-13-19(14-12-17)24(26)27/h1-14,21,23H,15-16H2. The van der Waals surface area contributed by atoms with Gasteiger partial charge in [-0.15, -0.1) is 0 Å². The van der Waals surface area contributed by atoms with E-state index in [0.29, 0.717) is 12.2 Å². The van der Waals surface area contributed by atoms with Crippen molar-refractivity contribution in [1.82, 2.24) is 0 Å². The zero-order chi connectivity index (χ0) is 19.8. The maximum Gasteiger partial charge on any atom is 0.311 e. The molecule has 0 aliphatic heterocycles. The monoisotopic (exact) mass is 376 g/mol. The molecule has 1 atom stereocenters. The fraction of sp³-hybridized carbons (Fsp3) is 0.136. The largest absolute Gasteiger partial charge is 0.427 e. The second kappa shape index (κ2) is 9.32. The third-order valence-electron chi connectivity index (χ3n) is 4.23. The van der Waals surface area contributed by atoms with Gasteiger partial charge in [0, 0.05) is 24.2 Å². The lowest BCUT2D eigenvalue weighted by atomic mass is 10.0. The van der Waals surface area contributed by atoms with E-state index < -0.39 is 4.92 Å². The molecule has 3 aromatic rings. The van der Waals surface area contributed by atoms with Crippen LogP contribution < -0.4 is 10.1 Å². The molecular formula is C22H20N2O4. The molecule has 0 bridgehead atoms. The number of carbonyl (C=O) groups excluding carboxylic acids is 1. The molecule has 0 amide bonds. The number of rotatable bonds is 8. The van der Waals surface area contributed by atoms with Crippen molar-refractivity contribution in [1.29, 1.82) is 0 Å². The lowest BCUT2D eigenvalue weighted by Crippen LogP contribution is -2.15. The van der Waals surface area contributed by atoms with Gasteiger partial charge in [0.25, 0.3) is 5.69 Å². The SMILES string of the molecule is O=C(CCC(Nc1ccccc1)c1ccc([N+](=O)[O-])cc1)Oc1ccccc1. The smallest absolute Gasteiger partial charge is 0.311 e. The van der Waals surface area contributed by atoms with Crippen molar-refractivity contribution in [3.63, 3.8) is 0 Å². The van der Waals surface area contributed by atoms with Crippen LogP contribution in [0.2, 0.25) is 0 Å². The van der Waals surface area contributed by atoms with Crippen LogP contribution in [0.4, 0.5) is 11.4 Å². The first-order valence-electron chi connectivity index (χ1n) is 8.93. The van der Waals surface area contributed by atoms with Crippen LogP contribution in [0.3, 0.4) is 0 Å². The molecule has 1 unspecified atom stereocenters. The third kappa shape index (κ3) is 5.41. The molecule has 0 spiro atoms. The first-order valence-corrected chi connectivity index (χ1v) is 8.93. The topological polar surface area (TPSA) is 81.5 Å². The summed E-state index contributed by atoms with van der Waals surface area (Å²) < 4.78 is 5.35. The number of para-hydroxylation sites is 2. The molecule has 28 heavy (non-hydrogen) atoms. The molecule has 0 saturated carbocycles. The van der Waals surface area contributed by atoms with Crippen molar-refractivity contribution in [2.75, 3.05) is 5.32 Å². The highest BCUT2D eigenvalue weighted by Gasteiger charge is 2.16. The minimum absolute atomic E-state index is 0.0331. The number of benzene rings is 3. The maximum absolute atomic E-state index is 12.2. The molecule has 0 radical (unpaired) electrons. The Balaban J connectivity index is 1.70. The Morgan fingerprint density at radius 3 is 2.14 bits per heavy atom. The van der Waals surface area contributed by atoms with Crippen molar-refractivity contribution in [3.05, 3.63) is 101 Å². The Kier molecular flexibility index (Phi) is 6.36. The van der Waals surface area contributed by atoms with E-state index in [0.717, 1.165) is 11.3 Å². The van der Waals surface area contributed by atoms with E-state index in [4.69, 9.17) is 4.74 Å². The Bertz CT molecular complexity index is 912. The van der Waals surface area contributed by atoms with Crippen molar-refractivity contribution >= 4 is 17.3 Å². The molecule has 0 aliphatic rings. The number of hydrogen-bond acceptors (Lipinski definition) is 5. The predicted octanol–water partition coefficient (Wildman–Crippen LogP) is 5.13. The zero-order valence-corrected chi connectivity index (χ0v) is 15.2. The second-order valence-corrected chi connectivity index (χ2v) is 6.24. The fourth-order valence-electron chi connectivity index (χ4n) is 2.82. The summed E-state index contributed by atoms with van der Waals surface area (Å²) in [6, 6.07) is 24.7. The van der Waals surface area contributed by atoms with Crippen LogP contribution in [0.1, 0.15) is 24.4 Å². The van der Waals surface area contributed by atoms with Gasteiger partial charge in [-0.3, -0.25) is 14.9 Å². The number of ether oxygens (including phenoxy) is 1. The summed E-state index contributed by atoms with van der Waals surface area (Å²) in [6.07, 6.45) is 0.689. The van der Waals surface area contributed by atoms with E-state index >= 15 is 0 Å². The molecule has 3 rings (SSSR count). The highest BCUT2D eigenvalue weighted by Crippen LogP contribution is 2.26. The van der Waals surface area contributed by atoms with E-state index in [2.05, 4.69) is 5.32 Å². The summed E-state index contributed by atoms with van der Waals surface area (Å²) in [7, 11) is 0. The summed E-state index contributed by atoms with van der Waals surface area (Å²) in [5.41, 5.74) is 1.80. The van der Waals surface area contributed by atoms with Gasteiger partial charge in [0.05, 0.1) is 11.0 Å². The first kappa shape index (κ1) is 19.1. The predicted molar refractivity (Wildman–Crippen MR) is 107 cm³/mol. The summed E-state index contributed by atoms with van der Waals surface area (Å²) in [5.74, 6) is 0.184. The maximum atomic E-state index is 12.2. The fourth-order valence-corrected chi connectivity index (χ4v) is 2.82. The van der Waals surface area contributed by atoms with Crippen LogP contribution >= 0.6 is 0 Å². The molecule has 3 aromatic carbocycles. The average Bonchev–Trinajstić information content (AvgIpc) is 2.72. The number of nitro groups is 1. The number of nitrogens with one attached hydrogen (secondary N) is 1. The van der Waals surface area contributed by atoms with E-state index in [1.165, 1.54) is 12.1 Å². The molecular weight excluding hydrogens is 356 g/mol.